The second-order valence-corrected chi connectivity index (χ2v) is 13.4. The van der Waals surface area contributed by atoms with Crippen molar-refractivity contribution in [2.75, 3.05) is 0 Å². The van der Waals surface area contributed by atoms with Gasteiger partial charge in [0.15, 0.2) is 0 Å². The van der Waals surface area contributed by atoms with Crippen LogP contribution >= 0.6 is 0 Å². The van der Waals surface area contributed by atoms with Gasteiger partial charge in [0.25, 0.3) is 0 Å². The molecule has 1 aliphatic heterocycles. The third-order valence-electron chi connectivity index (χ3n) is 11.1. The van der Waals surface area contributed by atoms with Crippen LogP contribution in [0.15, 0.2) is 145 Å². The molecule has 10 rings (SSSR count). The van der Waals surface area contributed by atoms with Gasteiger partial charge in [0.2, 0.25) is 0 Å². The fourth-order valence-electron chi connectivity index (χ4n) is 9.07. The fourth-order valence-corrected chi connectivity index (χ4v) is 9.07. The summed E-state index contributed by atoms with van der Waals surface area (Å²) < 4.78 is 6.65. The normalized spacial score (nSPS) is 22.5. The number of nitrogens with zero attached hydrogens (tertiary/aromatic N) is 2. The number of aromatic nitrogens is 2. The monoisotopic (exact) mass is 606 g/mol. The Balaban J connectivity index is 1.23. The lowest BCUT2D eigenvalue weighted by Crippen LogP contribution is -2.43. The van der Waals surface area contributed by atoms with Crippen molar-refractivity contribution in [2.45, 2.75) is 43.6 Å². The molecule has 3 unspecified atom stereocenters. The molecule has 2 bridgehead atoms. The van der Waals surface area contributed by atoms with Crippen LogP contribution in [0, 0.1) is 5.92 Å². The Kier molecular flexibility index (Phi) is 5.93. The van der Waals surface area contributed by atoms with Crippen molar-refractivity contribution in [1.82, 2.24) is 9.97 Å². The summed E-state index contributed by atoms with van der Waals surface area (Å²) in [7, 11) is 0. The summed E-state index contributed by atoms with van der Waals surface area (Å²) in [4.78, 5) is 9.99. The molecule has 6 aromatic rings. The molecule has 3 heteroatoms. The van der Waals surface area contributed by atoms with Gasteiger partial charge in [0.1, 0.15) is 12.4 Å². The van der Waals surface area contributed by atoms with Gasteiger partial charge in [-0.2, -0.15) is 0 Å². The summed E-state index contributed by atoms with van der Waals surface area (Å²) in [5, 5.41) is 2.23. The van der Waals surface area contributed by atoms with Crippen molar-refractivity contribution in [1.29, 1.82) is 0 Å². The van der Waals surface area contributed by atoms with E-state index in [1.165, 1.54) is 39.0 Å². The van der Waals surface area contributed by atoms with E-state index < -0.39 is 0 Å². The Labute approximate surface area is 275 Å². The first-order valence-electron chi connectivity index (χ1n) is 17.0. The average Bonchev–Trinajstić information content (AvgIpc) is 3.29. The van der Waals surface area contributed by atoms with E-state index in [9.17, 15) is 0 Å². The molecule has 0 radical (unpaired) electrons. The van der Waals surface area contributed by atoms with E-state index in [-0.39, 0.29) is 11.3 Å². The number of hydrogen-bond donors (Lipinski definition) is 0. The third kappa shape index (κ3) is 3.92. The highest BCUT2D eigenvalue weighted by molar-refractivity contribution is 6.03. The summed E-state index contributed by atoms with van der Waals surface area (Å²) in [6.07, 6.45) is 15.9. The molecule has 226 valence electrons. The maximum Gasteiger partial charge on any atom is 0.119 e. The van der Waals surface area contributed by atoms with Gasteiger partial charge in [-0.1, -0.05) is 97.1 Å². The first-order valence-corrected chi connectivity index (χ1v) is 17.0. The van der Waals surface area contributed by atoms with Crippen molar-refractivity contribution in [3.05, 3.63) is 167 Å². The molecule has 0 N–H and O–H groups in total. The van der Waals surface area contributed by atoms with E-state index in [0.29, 0.717) is 12.5 Å². The maximum atomic E-state index is 6.65. The van der Waals surface area contributed by atoms with Gasteiger partial charge < -0.3 is 4.74 Å². The van der Waals surface area contributed by atoms with E-state index >= 15 is 0 Å². The molecule has 3 nitrogen and oxygen atoms in total. The number of benzene rings is 4. The summed E-state index contributed by atoms with van der Waals surface area (Å²) in [5.74, 6) is 1.59. The predicted molar refractivity (Wildman–Crippen MR) is 190 cm³/mol. The minimum atomic E-state index is -0.365. The van der Waals surface area contributed by atoms with Gasteiger partial charge in [-0.3, -0.25) is 4.98 Å². The SMILES string of the molecule is C1=CC2C(CC1)c1cc(-c3ccc4ccc5cccnc5c4n3)ccc1-c1cccc(c1)C21C2=CCCC=C2OCc2ccccc21. The highest BCUT2D eigenvalue weighted by Gasteiger charge is 2.52. The van der Waals surface area contributed by atoms with E-state index in [0.717, 1.165) is 64.5 Å². The van der Waals surface area contributed by atoms with Crippen molar-refractivity contribution in [3.8, 4) is 22.4 Å². The summed E-state index contributed by atoms with van der Waals surface area (Å²) in [6, 6.07) is 38.3. The smallest absolute Gasteiger partial charge is 0.119 e. The Hall–Kier alpha value is -5.28. The Bertz CT molecular complexity index is 2350. The highest BCUT2D eigenvalue weighted by atomic mass is 16.5. The number of fused-ring (bicyclic) bond motifs is 15. The van der Waals surface area contributed by atoms with Gasteiger partial charge in [-0.05, 0) is 95.3 Å². The van der Waals surface area contributed by atoms with Crippen LogP contribution in [-0.2, 0) is 16.8 Å². The zero-order valence-corrected chi connectivity index (χ0v) is 26.2. The quantitative estimate of drug-likeness (QED) is 0.138. The summed E-state index contributed by atoms with van der Waals surface area (Å²) in [6.45, 7) is 0.597. The zero-order valence-electron chi connectivity index (χ0n) is 26.2. The van der Waals surface area contributed by atoms with Gasteiger partial charge in [0, 0.05) is 34.0 Å². The molecular formula is C44H34N2O. The highest BCUT2D eigenvalue weighted by Crippen LogP contribution is 2.60. The second-order valence-electron chi connectivity index (χ2n) is 13.4. The van der Waals surface area contributed by atoms with Crippen molar-refractivity contribution in [2.24, 2.45) is 5.92 Å². The lowest BCUT2D eigenvalue weighted by atomic mass is 9.53. The van der Waals surface area contributed by atoms with Crippen LogP contribution in [0.5, 0.6) is 0 Å². The lowest BCUT2D eigenvalue weighted by molar-refractivity contribution is 0.203. The zero-order chi connectivity index (χ0) is 31.0. The molecule has 0 saturated heterocycles. The minimum absolute atomic E-state index is 0.217. The average molecular weight is 607 g/mol. The van der Waals surface area contributed by atoms with E-state index in [2.05, 4.69) is 121 Å². The molecule has 3 heterocycles. The molecule has 4 aliphatic rings. The molecule has 4 aromatic carbocycles. The van der Waals surface area contributed by atoms with Crippen molar-refractivity contribution < 1.29 is 4.74 Å². The van der Waals surface area contributed by atoms with Crippen LogP contribution in [-0.4, -0.2) is 9.97 Å². The molecule has 47 heavy (non-hydrogen) atoms. The van der Waals surface area contributed by atoms with Crippen LogP contribution in [0.4, 0.5) is 0 Å². The van der Waals surface area contributed by atoms with Crippen LogP contribution in [0.25, 0.3) is 44.2 Å². The molecule has 3 aliphatic carbocycles. The van der Waals surface area contributed by atoms with E-state index in [1.54, 1.807) is 0 Å². The molecule has 0 fully saturated rings. The van der Waals surface area contributed by atoms with Crippen LogP contribution < -0.4 is 0 Å². The summed E-state index contributed by atoms with van der Waals surface area (Å²) >= 11 is 0. The van der Waals surface area contributed by atoms with E-state index in [1.807, 2.05) is 12.3 Å². The van der Waals surface area contributed by atoms with Crippen LogP contribution in [0.2, 0.25) is 0 Å². The minimum Gasteiger partial charge on any atom is -0.489 e. The number of rotatable bonds is 1. The lowest BCUT2D eigenvalue weighted by Gasteiger charge is -2.49. The first-order chi connectivity index (χ1) is 23.3. The van der Waals surface area contributed by atoms with Crippen molar-refractivity contribution >= 4 is 21.8 Å². The Morgan fingerprint density at radius 2 is 1.62 bits per heavy atom. The van der Waals surface area contributed by atoms with Crippen LogP contribution in [0.1, 0.15) is 53.9 Å². The standard InChI is InChI=1S/C44H34N2O/c1-3-14-37-32(9-1)27-47-41-17-6-5-16-39(41)44(37)33-12-7-10-30(25-33)34-22-20-31(26-36(34)35-13-2-4-15-38(35)44)40-23-21-29-19-18-28-11-8-24-45-42(28)43(29)46-40/h1,3-4,7-12,14-26,35,38H,2,5-6,13,27H2. The topological polar surface area (TPSA) is 35.0 Å². The van der Waals surface area contributed by atoms with Gasteiger partial charge in [-0.15, -0.1) is 0 Å². The van der Waals surface area contributed by atoms with Crippen LogP contribution in [0.3, 0.4) is 0 Å². The van der Waals surface area contributed by atoms with Gasteiger partial charge in [0.05, 0.1) is 22.1 Å². The second kappa shape index (κ2) is 10.4. The van der Waals surface area contributed by atoms with Crippen molar-refractivity contribution in [3.63, 3.8) is 0 Å². The first kappa shape index (κ1) is 26.9. The number of ether oxygens (including phenoxy) is 1. The molecule has 1 spiro atoms. The number of hydrogen-bond acceptors (Lipinski definition) is 3. The molecule has 2 aromatic heterocycles. The fraction of sp³-hybridized carbons (Fsp3) is 0.182. The molecule has 3 atom stereocenters. The maximum absolute atomic E-state index is 6.65. The largest absolute Gasteiger partial charge is 0.489 e. The Morgan fingerprint density at radius 3 is 2.60 bits per heavy atom. The van der Waals surface area contributed by atoms with E-state index in [4.69, 9.17) is 14.7 Å². The number of pyridine rings is 2. The number of allylic oxidation sites excluding steroid dienone is 5. The van der Waals surface area contributed by atoms with Gasteiger partial charge >= 0.3 is 0 Å². The van der Waals surface area contributed by atoms with Gasteiger partial charge in [-0.25, -0.2) is 4.98 Å². The molecular weight excluding hydrogens is 572 g/mol. The molecule has 0 saturated carbocycles. The third-order valence-corrected chi connectivity index (χ3v) is 11.1. The predicted octanol–water partition coefficient (Wildman–Crippen LogP) is 10.6. The molecule has 0 amide bonds. The Morgan fingerprint density at radius 1 is 0.723 bits per heavy atom. The summed E-state index contributed by atoms with van der Waals surface area (Å²) in [5.41, 5.74) is 13.1.